The molecule has 6 nitrogen and oxygen atoms in total. The molecular weight excluding hydrogens is 218 g/mol. The summed E-state index contributed by atoms with van der Waals surface area (Å²) in [5.74, 6) is 1.02. The minimum absolute atomic E-state index is 0.121. The summed E-state index contributed by atoms with van der Waals surface area (Å²) in [4.78, 5) is 23.7. The molecule has 0 aliphatic carbocycles. The summed E-state index contributed by atoms with van der Waals surface area (Å²) in [5, 5.41) is 0. The van der Waals surface area contributed by atoms with Gasteiger partial charge in [-0.2, -0.15) is 4.98 Å². The predicted molar refractivity (Wildman–Crippen MR) is 65.5 cm³/mol. The van der Waals surface area contributed by atoms with Crippen molar-refractivity contribution in [3.05, 3.63) is 12.3 Å². The number of amides is 1. The van der Waals surface area contributed by atoms with E-state index in [4.69, 9.17) is 5.73 Å². The average molecular weight is 235 g/mol. The van der Waals surface area contributed by atoms with Crippen LogP contribution >= 0.6 is 0 Å². The van der Waals surface area contributed by atoms with Crippen LogP contribution in [0, 0.1) is 0 Å². The molecule has 1 aromatic heterocycles. The van der Waals surface area contributed by atoms with Gasteiger partial charge in [-0.25, -0.2) is 4.98 Å². The number of carbonyl (C=O) groups is 1. The van der Waals surface area contributed by atoms with E-state index in [1.165, 1.54) is 0 Å². The molecule has 1 aliphatic heterocycles. The Hall–Kier alpha value is -1.85. The molecule has 2 heterocycles. The first-order valence-electron chi connectivity index (χ1n) is 5.74. The Morgan fingerprint density at radius 2 is 2.24 bits per heavy atom. The topological polar surface area (TPSA) is 75.4 Å². The fourth-order valence-electron chi connectivity index (χ4n) is 1.89. The second-order valence-corrected chi connectivity index (χ2v) is 4.23. The molecule has 1 aliphatic rings. The molecule has 1 amide bonds. The van der Waals surface area contributed by atoms with Crippen molar-refractivity contribution in [3.63, 3.8) is 0 Å². The minimum atomic E-state index is 0.121. The molecule has 2 rings (SSSR count). The van der Waals surface area contributed by atoms with Gasteiger partial charge in [0.2, 0.25) is 11.9 Å². The zero-order chi connectivity index (χ0) is 12.3. The molecule has 6 heteroatoms. The van der Waals surface area contributed by atoms with Gasteiger partial charge < -0.3 is 15.5 Å². The van der Waals surface area contributed by atoms with Crippen molar-refractivity contribution in [2.24, 2.45) is 0 Å². The van der Waals surface area contributed by atoms with Crippen molar-refractivity contribution in [1.82, 2.24) is 14.9 Å². The van der Waals surface area contributed by atoms with Crippen LogP contribution < -0.4 is 10.6 Å². The molecular formula is C11H17N5O. The number of likely N-dealkylation sites (N-methyl/N-ethyl adjacent to an activating group) is 1. The third kappa shape index (κ3) is 2.83. The molecule has 1 fully saturated rings. The largest absolute Gasteiger partial charge is 0.384 e. The number of aromatic nitrogens is 2. The Morgan fingerprint density at radius 1 is 1.53 bits per heavy atom. The first-order chi connectivity index (χ1) is 8.16. The lowest BCUT2D eigenvalue weighted by Crippen LogP contribution is -2.37. The van der Waals surface area contributed by atoms with Crippen LogP contribution in [0.15, 0.2) is 12.3 Å². The Kier molecular flexibility index (Phi) is 3.41. The maximum atomic E-state index is 11.9. The van der Waals surface area contributed by atoms with Gasteiger partial charge in [0.05, 0.1) is 6.54 Å². The summed E-state index contributed by atoms with van der Waals surface area (Å²) in [5.41, 5.74) is 5.58. The molecule has 0 saturated carbocycles. The maximum absolute atomic E-state index is 11.9. The lowest BCUT2D eigenvalue weighted by atomic mass is 10.4. The molecule has 1 aromatic rings. The lowest BCUT2D eigenvalue weighted by Gasteiger charge is -2.21. The summed E-state index contributed by atoms with van der Waals surface area (Å²) in [7, 11) is 1.79. The molecule has 0 radical (unpaired) electrons. The highest BCUT2D eigenvalue weighted by molar-refractivity contribution is 5.81. The van der Waals surface area contributed by atoms with E-state index in [9.17, 15) is 4.79 Å². The Bertz CT molecular complexity index is 403. The van der Waals surface area contributed by atoms with Crippen LogP contribution in [0.5, 0.6) is 0 Å². The van der Waals surface area contributed by atoms with Crippen molar-refractivity contribution >= 4 is 17.7 Å². The predicted octanol–water partition coefficient (Wildman–Crippen LogP) is 0.117. The van der Waals surface area contributed by atoms with Crippen molar-refractivity contribution < 1.29 is 4.79 Å². The van der Waals surface area contributed by atoms with Crippen LogP contribution in [-0.4, -0.2) is 47.5 Å². The SMILES string of the molecule is CN(CC(=O)N1CCCC1)c1nccc(N)n1. The van der Waals surface area contributed by atoms with Crippen molar-refractivity contribution in [3.8, 4) is 0 Å². The quantitative estimate of drug-likeness (QED) is 0.805. The van der Waals surface area contributed by atoms with Gasteiger partial charge in [0.1, 0.15) is 5.82 Å². The number of nitrogens with two attached hydrogens (primary N) is 1. The number of hydrogen-bond acceptors (Lipinski definition) is 5. The number of anilines is 2. The van der Waals surface area contributed by atoms with Crippen LogP contribution in [0.2, 0.25) is 0 Å². The highest BCUT2D eigenvalue weighted by Gasteiger charge is 2.19. The van der Waals surface area contributed by atoms with Crippen molar-refractivity contribution in [2.75, 3.05) is 37.3 Å². The highest BCUT2D eigenvalue weighted by atomic mass is 16.2. The van der Waals surface area contributed by atoms with Gasteiger partial charge in [0.25, 0.3) is 0 Å². The third-order valence-electron chi connectivity index (χ3n) is 2.84. The molecule has 2 N–H and O–H groups in total. The van der Waals surface area contributed by atoms with E-state index >= 15 is 0 Å². The zero-order valence-electron chi connectivity index (χ0n) is 9.96. The number of rotatable bonds is 3. The van der Waals surface area contributed by atoms with E-state index in [2.05, 4.69) is 9.97 Å². The average Bonchev–Trinajstić information content (AvgIpc) is 2.82. The number of nitrogens with zero attached hydrogens (tertiary/aromatic N) is 4. The van der Waals surface area contributed by atoms with Gasteiger partial charge in [-0.1, -0.05) is 0 Å². The van der Waals surface area contributed by atoms with Gasteiger partial charge in [-0.15, -0.1) is 0 Å². The third-order valence-corrected chi connectivity index (χ3v) is 2.84. The summed E-state index contributed by atoms with van der Waals surface area (Å²) in [6.07, 6.45) is 3.79. The van der Waals surface area contributed by atoms with Crippen LogP contribution in [0.4, 0.5) is 11.8 Å². The molecule has 92 valence electrons. The van der Waals surface area contributed by atoms with Crippen LogP contribution in [0.3, 0.4) is 0 Å². The fraction of sp³-hybridized carbons (Fsp3) is 0.545. The monoisotopic (exact) mass is 235 g/mol. The summed E-state index contributed by atoms with van der Waals surface area (Å²) >= 11 is 0. The first-order valence-corrected chi connectivity index (χ1v) is 5.74. The first kappa shape index (κ1) is 11.6. The van der Waals surface area contributed by atoms with E-state index in [-0.39, 0.29) is 5.91 Å². The van der Waals surface area contributed by atoms with E-state index in [1.54, 1.807) is 24.2 Å². The minimum Gasteiger partial charge on any atom is -0.384 e. The number of nitrogen functional groups attached to an aromatic ring is 1. The standard InChI is InChI=1S/C11H17N5O/c1-15(11-13-5-4-9(12)14-11)8-10(17)16-6-2-3-7-16/h4-5H,2-3,6-8H2,1H3,(H2,12,13,14). The van der Waals surface area contributed by atoms with Gasteiger partial charge >= 0.3 is 0 Å². The molecule has 0 bridgehead atoms. The molecule has 0 unspecified atom stereocenters. The second-order valence-electron chi connectivity index (χ2n) is 4.23. The number of hydrogen-bond donors (Lipinski definition) is 1. The molecule has 1 saturated heterocycles. The summed E-state index contributed by atoms with van der Waals surface area (Å²) in [6, 6.07) is 1.62. The lowest BCUT2D eigenvalue weighted by molar-refractivity contribution is -0.128. The number of likely N-dealkylation sites (tertiary alicyclic amines) is 1. The van der Waals surface area contributed by atoms with Gasteiger partial charge in [0, 0.05) is 26.3 Å². The highest BCUT2D eigenvalue weighted by Crippen LogP contribution is 2.10. The molecule has 0 aromatic carbocycles. The van der Waals surface area contributed by atoms with Crippen LogP contribution in [-0.2, 0) is 4.79 Å². The maximum Gasteiger partial charge on any atom is 0.242 e. The Morgan fingerprint density at radius 3 is 2.88 bits per heavy atom. The molecule has 0 atom stereocenters. The second kappa shape index (κ2) is 4.99. The van der Waals surface area contributed by atoms with Crippen molar-refractivity contribution in [1.29, 1.82) is 0 Å². The Labute approximate surface area is 100 Å². The Balaban J connectivity index is 1.96. The van der Waals surface area contributed by atoms with Gasteiger partial charge in [0.15, 0.2) is 0 Å². The smallest absolute Gasteiger partial charge is 0.242 e. The van der Waals surface area contributed by atoms with E-state index < -0.39 is 0 Å². The molecule has 17 heavy (non-hydrogen) atoms. The van der Waals surface area contributed by atoms with Crippen molar-refractivity contribution in [2.45, 2.75) is 12.8 Å². The van der Waals surface area contributed by atoms with Crippen LogP contribution in [0.25, 0.3) is 0 Å². The number of carbonyl (C=O) groups excluding carboxylic acids is 1. The molecule has 0 spiro atoms. The zero-order valence-corrected chi connectivity index (χ0v) is 9.96. The normalized spacial score (nSPS) is 15.0. The fourth-order valence-corrected chi connectivity index (χ4v) is 1.89. The van der Waals surface area contributed by atoms with E-state index in [0.29, 0.717) is 18.3 Å². The van der Waals surface area contributed by atoms with E-state index in [0.717, 1.165) is 25.9 Å². The summed E-state index contributed by atoms with van der Waals surface area (Å²) < 4.78 is 0. The van der Waals surface area contributed by atoms with Gasteiger partial charge in [-0.05, 0) is 18.9 Å². The van der Waals surface area contributed by atoms with E-state index in [1.807, 2.05) is 4.90 Å². The van der Waals surface area contributed by atoms with Gasteiger partial charge in [-0.3, -0.25) is 4.79 Å². The van der Waals surface area contributed by atoms with Crippen LogP contribution in [0.1, 0.15) is 12.8 Å². The summed E-state index contributed by atoms with van der Waals surface area (Å²) in [6.45, 7) is 2.03.